The van der Waals surface area contributed by atoms with E-state index in [0.29, 0.717) is 4.57 Å². The van der Waals surface area contributed by atoms with E-state index in [1.807, 2.05) is 0 Å². The van der Waals surface area contributed by atoms with Gasteiger partial charge in [-0.2, -0.15) is 0 Å². The Balaban J connectivity index is 3.40. The number of hydrogen-bond donors (Lipinski definition) is 2. The molecule has 0 aliphatic carbocycles. The van der Waals surface area contributed by atoms with Gasteiger partial charge in [0, 0.05) is 6.20 Å². The van der Waals surface area contributed by atoms with Crippen molar-refractivity contribution in [1.82, 2.24) is 4.57 Å². The number of aromatic hydroxyl groups is 1. The van der Waals surface area contributed by atoms with Crippen molar-refractivity contribution in [3.8, 4) is 5.75 Å². The van der Waals surface area contributed by atoms with Crippen LogP contribution in [0.25, 0.3) is 0 Å². The third-order valence-corrected chi connectivity index (χ3v) is 1.16. The Morgan fingerprint density at radius 1 is 1.64 bits per heavy atom. The summed E-state index contributed by atoms with van der Waals surface area (Å²) in [5.41, 5.74) is 3.99. The quantitative estimate of drug-likeness (QED) is 0.527. The van der Waals surface area contributed by atoms with Gasteiger partial charge < -0.3 is 10.8 Å². The highest BCUT2D eigenvalue weighted by Crippen LogP contribution is 1.96. The van der Waals surface area contributed by atoms with Crippen LogP contribution in [-0.4, -0.2) is 15.7 Å². The first-order valence-corrected chi connectivity index (χ1v) is 2.83. The van der Waals surface area contributed by atoms with E-state index < -0.39 is 17.3 Å². The summed E-state index contributed by atoms with van der Waals surface area (Å²) < 4.78 is 0.620. The lowest BCUT2D eigenvalue weighted by molar-refractivity contribution is 0.249. The van der Waals surface area contributed by atoms with Crippen LogP contribution in [0.1, 0.15) is 0 Å². The number of primary amides is 1. The van der Waals surface area contributed by atoms with Crippen LogP contribution < -0.4 is 11.3 Å². The molecule has 0 unspecified atom stereocenters. The van der Waals surface area contributed by atoms with E-state index in [9.17, 15) is 9.59 Å². The molecule has 1 rings (SSSR count). The molecule has 0 fully saturated rings. The van der Waals surface area contributed by atoms with Crippen molar-refractivity contribution in [3.05, 3.63) is 28.7 Å². The van der Waals surface area contributed by atoms with Crippen LogP contribution in [0, 0.1) is 0 Å². The lowest BCUT2D eigenvalue weighted by Crippen LogP contribution is -2.30. The van der Waals surface area contributed by atoms with Crippen LogP contribution in [-0.2, 0) is 0 Å². The molecule has 3 N–H and O–H groups in total. The van der Waals surface area contributed by atoms with E-state index in [4.69, 9.17) is 10.8 Å². The molecule has 5 nitrogen and oxygen atoms in total. The van der Waals surface area contributed by atoms with Crippen LogP contribution in [0.2, 0.25) is 0 Å². The first-order chi connectivity index (χ1) is 5.13. The molecule has 5 heteroatoms. The summed E-state index contributed by atoms with van der Waals surface area (Å²) in [7, 11) is 0. The van der Waals surface area contributed by atoms with Gasteiger partial charge in [-0.05, 0) is 12.1 Å². The lowest BCUT2D eigenvalue weighted by atomic mass is 10.4. The summed E-state index contributed by atoms with van der Waals surface area (Å²) in [6.07, 6.45) is 1.18. The van der Waals surface area contributed by atoms with Gasteiger partial charge in [0.2, 0.25) is 0 Å². The minimum atomic E-state index is -0.911. The lowest BCUT2D eigenvalue weighted by Gasteiger charge is -1.97. The maximum Gasteiger partial charge on any atom is 0.326 e. The van der Waals surface area contributed by atoms with Crippen molar-refractivity contribution in [3.63, 3.8) is 0 Å². The Bertz CT molecular complexity index is 342. The van der Waals surface area contributed by atoms with Gasteiger partial charge in [0.1, 0.15) is 0 Å². The van der Waals surface area contributed by atoms with E-state index in [-0.39, 0.29) is 0 Å². The molecule has 58 valence electrons. The van der Waals surface area contributed by atoms with Crippen LogP contribution in [0.4, 0.5) is 4.79 Å². The first-order valence-electron chi connectivity index (χ1n) is 2.83. The molecule has 1 aromatic heterocycles. The van der Waals surface area contributed by atoms with Crippen LogP contribution in [0.5, 0.6) is 5.75 Å². The fraction of sp³-hybridized carbons (Fsp3) is 0. The summed E-state index contributed by atoms with van der Waals surface area (Å²) in [6, 6.07) is 1.62. The molecule has 11 heavy (non-hydrogen) atoms. The third kappa shape index (κ3) is 1.21. The van der Waals surface area contributed by atoms with Gasteiger partial charge in [-0.3, -0.25) is 4.79 Å². The van der Waals surface area contributed by atoms with E-state index in [1.165, 1.54) is 18.3 Å². The standard InChI is InChI=1S/C6H6N2O3/c7-6(11)8-3-1-2-4(9)5(8)10/h1-3,9H,(H2,7,11). The summed E-state index contributed by atoms with van der Waals surface area (Å²) in [5.74, 6) is -0.494. The summed E-state index contributed by atoms with van der Waals surface area (Å²) >= 11 is 0. The number of pyridine rings is 1. The average molecular weight is 154 g/mol. The van der Waals surface area contributed by atoms with Crippen molar-refractivity contribution in [2.45, 2.75) is 0 Å². The molecule has 0 spiro atoms. The number of carbonyl (C=O) groups is 1. The van der Waals surface area contributed by atoms with Gasteiger partial charge in [-0.15, -0.1) is 0 Å². The number of amides is 1. The molecule has 0 aliphatic rings. The van der Waals surface area contributed by atoms with E-state index >= 15 is 0 Å². The summed E-state index contributed by atoms with van der Waals surface area (Å²) in [5, 5.41) is 8.81. The maximum atomic E-state index is 10.8. The molecule has 1 aromatic rings. The largest absolute Gasteiger partial charge is 0.503 e. The zero-order valence-electron chi connectivity index (χ0n) is 5.52. The second-order valence-corrected chi connectivity index (χ2v) is 1.91. The van der Waals surface area contributed by atoms with E-state index in [0.717, 1.165) is 0 Å². The van der Waals surface area contributed by atoms with Gasteiger partial charge in [-0.25, -0.2) is 9.36 Å². The predicted molar refractivity (Wildman–Crippen MR) is 37.3 cm³/mol. The molecule has 0 saturated carbocycles. The van der Waals surface area contributed by atoms with Gasteiger partial charge in [0.05, 0.1) is 0 Å². The van der Waals surface area contributed by atoms with Crippen LogP contribution >= 0.6 is 0 Å². The smallest absolute Gasteiger partial charge is 0.326 e. The Morgan fingerprint density at radius 3 is 2.73 bits per heavy atom. The van der Waals surface area contributed by atoms with Crippen molar-refractivity contribution in [2.75, 3.05) is 0 Å². The number of nitrogens with zero attached hydrogens (tertiary/aromatic N) is 1. The minimum Gasteiger partial charge on any atom is -0.503 e. The molecule has 1 amide bonds. The SMILES string of the molecule is NC(=O)n1cccc(O)c1=O. The van der Waals surface area contributed by atoms with Gasteiger partial charge >= 0.3 is 11.6 Å². The van der Waals surface area contributed by atoms with Crippen LogP contribution in [0.15, 0.2) is 23.1 Å². The number of hydrogen-bond acceptors (Lipinski definition) is 3. The topological polar surface area (TPSA) is 85.3 Å². The minimum absolute atomic E-state index is 0.494. The molecule has 0 aliphatic heterocycles. The maximum absolute atomic E-state index is 10.8. The van der Waals surface area contributed by atoms with E-state index in [1.54, 1.807) is 0 Å². The first kappa shape index (κ1) is 7.33. The van der Waals surface area contributed by atoms with Crippen LogP contribution in [0.3, 0.4) is 0 Å². The Hall–Kier alpha value is -1.78. The monoisotopic (exact) mass is 154 g/mol. The number of rotatable bonds is 0. The fourth-order valence-corrected chi connectivity index (χ4v) is 0.656. The average Bonchev–Trinajstić information content (AvgIpc) is 1.94. The normalized spacial score (nSPS) is 9.45. The van der Waals surface area contributed by atoms with Crippen molar-refractivity contribution < 1.29 is 9.90 Å². The van der Waals surface area contributed by atoms with Gasteiger partial charge in [0.25, 0.3) is 0 Å². The molecule has 0 aromatic carbocycles. The van der Waals surface area contributed by atoms with Gasteiger partial charge in [0.15, 0.2) is 5.75 Å². The highest BCUT2D eigenvalue weighted by Gasteiger charge is 2.03. The zero-order valence-corrected chi connectivity index (χ0v) is 5.52. The molecular formula is C6H6N2O3. The zero-order chi connectivity index (χ0) is 8.43. The molecule has 1 heterocycles. The highest BCUT2D eigenvalue weighted by molar-refractivity contribution is 5.74. The highest BCUT2D eigenvalue weighted by atomic mass is 16.3. The number of nitrogens with two attached hydrogens (primary N) is 1. The van der Waals surface area contributed by atoms with Gasteiger partial charge in [-0.1, -0.05) is 0 Å². The van der Waals surface area contributed by atoms with Crippen molar-refractivity contribution in [2.24, 2.45) is 5.73 Å². The Morgan fingerprint density at radius 2 is 2.27 bits per heavy atom. The second kappa shape index (κ2) is 2.45. The molecule has 0 atom stereocenters. The predicted octanol–water partition coefficient (Wildman–Crippen LogP) is -0.519. The van der Waals surface area contributed by atoms with Crippen molar-refractivity contribution >= 4 is 6.03 Å². The van der Waals surface area contributed by atoms with E-state index in [2.05, 4.69) is 0 Å². The summed E-state index contributed by atoms with van der Waals surface area (Å²) in [6.45, 7) is 0. The number of carbonyl (C=O) groups excluding carboxylic acids is 1. The second-order valence-electron chi connectivity index (χ2n) is 1.91. The molecule has 0 radical (unpaired) electrons. The Labute approximate surface area is 61.7 Å². The molecule has 0 bridgehead atoms. The molecular weight excluding hydrogens is 148 g/mol. The number of aromatic nitrogens is 1. The Kier molecular flexibility index (Phi) is 1.63. The molecule has 0 saturated heterocycles. The third-order valence-electron chi connectivity index (χ3n) is 1.16. The summed E-state index contributed by atoms with van der Waals surface area (Å²) in [4.78, 5) is 21.3. The fourth-order valence-electron chi connectivity index (χ4n) is 0.656. The van der Waals surface area contributed by atoms with Crippen molar-refractivity contribution in [1.29, 1.82) is 0 Å².